The highest BCUT2D eigenvalue weighted by molar-refractivity contribution is 8.14. The number of aliphatic hydroxyl groups excluding tert-OH is 1. The molecule has 6 heterocycles. The van der Waals surface area contributed by atoms with E-state index in [1.165, 1.54) is 18.0 Å². The average Bonchev–Trinajstić information content (AvgIpc) is 3.93. The van der Waals surface area contributed by atoms with Gasteiger partial charge in [0.2, 0.25) is 17.8 Å². The fourth-order valence-electron chi connectivity index (χ4n) is 7.29. The number of imidazole rings is 1. The van der Waals surface area contributed by atoms with Gasteiger partial charge in [-0.2, -0.15) is 15.2 Å². The molecule has 0 saturated carbocycles. The van der Waals surface area contributed by atoms with Crippen LogP contribution in [0.25, 0.3) is 11.0 Å². The molecule has 1 aromatic carbocycles. The molecule has 0 spiro atoms. The highest BCUT2D eigenvalue weighted by Crippen LogP contribution is 2.40. The second-order valence-corrected chi connectivity index (χ2v) is 15.2. The Labute approximate surface area is 338 Å². The van der Waals surface area contributed by atoms with E-state index in [9.17, 15) is 24.3 Å². The zero-order valence-electron chi connectivity index (χ0n) is 32.7. The largest absolute Gasteiger partial charge is 0.491 e. The Kier molecular flexibility index (Phi) is 11.9. The summed E-state index contributed by atoms with van der Waals surface area (Å²) < 4.78 is 11.3. The molecule has 58 heavy (non-hydrogen) atoms. The quantitative estimate of drug-likeness (QED) is 0.171. The molecule has 0 aliphatic carbocycles. The molecule has 19 heteroatoms. The minimum atomic E-state index is -0.671. The summed E-state index contributed by atoms with van der Waals surface area (Å²) in [5, 5.41) is 22.2. The zero-order chi connectivity index (χ0) is 41.1. The number of nitrogens with one attached hydrogen (secondary N) is 1. The number of aromatic nitrogens is 7. The summed E-state index contributed by atoms with van der Waals surface area (Å²) in [5.41, 5.74) is 15.7. The summed E-state index contributed by atoms with van der Waals surface area (Å²) in [5.74, 6) is -1.00. The van der Waals surface area contributed by atoms with Crippen LogP contribution in [0.4, 0.5) is 11.8 Å². The number of fused-ring (bicyclic) bond motifs is 8. The van der Waals surface area contributed by atoms with Gasteiger partial charge in [-0.3, -0.25) is 33.9 Å². The predicted molar refractivity (Wildman–Crippen MR) is 218 cm³/mol. The van der Waals surface area contributed by atoms with Crippen LogP contribution in [-0.4, -0.2) is 87.8 Å². The Morgan fingerprint density at radius 1 is 0.966 bits per heavy atom. The first-order chi connectivity index (χ1) is 28.0. The number of aliphatic imine (C=N–C) groups is 1. The van der Waals surface area contributed by atoms with Gasteiger partial charge in [0.15, 0.2) is 5.17 Å². The van der Waals surface area contributed by atoms with Crippen LogP contribution in [0.5, 0.6) is 5.75 Å². The number of pyridine rings is 1. The number of amides is 4. The van der Waals surface area contributed by atoms with Crippen LogP contribution in [0.3, 0.4) is 0 Å². The molecule has 0 radical (unpaired) electrons. The number of benzene rings is 1. The molecule has 0 saturated heterocycles. The molecular weight excluding hydrogens is 765 g/mol. The number of nitrogens with zero attached hydrogens (tertiary/aromatic N) is 9. The lowest BCUT2D eigenvalue weighted by Crippen LogP contribution is -2.28. The van der Waals surface area contributed by atoms with Gasteiger partial charge in [0, 0.05) is 56.5 Å². The maximum absolute atomic E-state index is 14.2. The normalized spacial score (nSPS) is 15.4. The lowest BCUT2D eigenvalue weighted by atomic mass is 10.0. The number of amidine groups is 1. The lowest BCUT2D eigenvalue weighted by molar-refractivity contribution is 0.0985. The van der Waals surface area contributed by atoms with Crippen molar-refractivity contribution < 1.29 is 29.0 Å². The van der Waals surface area contributed by atoms with Crippen LogP contribution in [0.1, 0.15) is 104 Å². The van der Waals surface area contributed by atoms with Crippen LogP contribution in [-0.2, 0) is 26.1 Å². The zero-order valence-corrected chi connectivity index (χ0v) is 33.5. The van der Waals surface area contributed by atoms with Crippen molar-refractivity contribution in [3.8, 4) is 5.75 Å². The highest BCUT2D eigenvalue weighted by Gasteiger charge is 2.31. The second-order valence-electron chi connectivity index (χ2n) is 14.2. The number of carbonyl (C=O) groups is 4. The number of thioether (sulfide) groups is 1. The van der Waals surface area contributed by atoms with Crippen LogP contribution >= 0.6 is 11.8 Å². The van der Waals surface area contributed by atoms with E-state index in [0.29, 0.717) is 102 Å². The molecule has 4 amide bonds. The Balaban J connectivity index is 1.30. The highest BCUT2D eigenvalue weighted by atomic mass is 32.2. The molecule has 4 aromatic heterocycles. The Hall–Kier alpha value is -6.08. The Bertz CT molecular complexity index is 2450. The molecule has 0 unspecified atom stereocenters. The third-order valence-corrected chi connectivity index (χ3v) is 11.1. The van der Waals surface area contributed by atoms with Gasteiger partial charge in [0.25, 0.3) is 11.8 Å². The van der Waals surface area contributed by atoms with Gasteiger partial charge < -0.3 is 30.8 Å². The van der Waals surface area contributed by atoms with Crippen LogP contribution in [0.15, 0.2) is 40.4 Å². The van der Waals surface area contributed by atoms with E-state index in [1.807, 2.05) is 30.2 Å². The van der Waals surface area contributed by atoms with Gasteiger partial charge in [-0.1, -0.05) is 6.42 Å². The minimum Gasteiger partial charge on any atom is -0.491 e. The number of ether oxygens (including phenoxy) is 1. The summed E-state index contributed by atoms with van der Waals surface area (Å²) in [6.45, 7) is 7.46. The van der Waals surface area contributed by atoms with Gasteiger partial charge in [-0.25, -0.2) is 9.97 Å². The molecule has 304 valence electrons. The number of hydrogen-bond donors (Lipinski definition) is 4. The predicted octanol–water partition coefficient (Wildman–Crippen LogP) is 3.99. The maximum atomic E-state index is 14.2. The number of nitrogens with two attached hydrogens (primary N) is 2. The molecule has 6 N–H and O–H groups in total. The van der Waals surface area contributed by atoms with Gasteiger partial charge in [0.1, 0.15) is 28.5 Å². The molecule has 2 aliphatic rings. The van der Waals surface area contributed by atoms with Crippen molar-refractivity contribution in [2.75, 3.05) is 30.0 Å². The SMILES string of the molecule is CCn1nc(C)c2c1C(=O)N=C1Sc3cc(C(N)=O)cnc3N1CCCCn1c(nc3cc(C(N)=O)cc(OCCCO)c31)NC(=O)c1cc(C)nn1CCCCC2. The average molecular weight is 811 g/mol. The molecule has 7 rings (SSSR count). The number of hydrogen-bond acceptors (Lipinski definition) is 12. The van der Waals surface area contributed by atoms with Crippen molar-refractivity contribution in [3.63, 3.8) is 0 Å². The van der Waals surface area contributed by atoms with E-state index >= 15 is 0 Å². The first kappa shape index (κ1) is 40.1. The van der Waals surface area contributed by atoms with E-state index < -0.39 is 23.6 Å². The van der Waals surface area contributed by atoms with Crippen molar-refractivity contribution in [2.45, 2.75) is 90.2 Å². The van der Waals surface area contributed by atoms with Crippen molar-refractivity contribution >= 4 is 63.4 Å². The monoisotopic (exact) mass is 810 g/mol. The van der Waals surface area contributed by atoms with Crippen molar-refractivity contribution in [3.05, 3.63) is 69.9 Å². The van der Waals surface area contributed by atoms with Crippen LogP contribution in [0, 0.1) is 13.8 Å². The number of primary amides is 2. The maximum Gasteiger partial charge on any atom is 0.297 e. The molecule has 2 aliphatic heterocycles. The number of rotatable bonds is 7. The summed E-state index contributed by atoms with van der Waals surface area (Å²) in [6.07, 6.45) is 5.76. The third kappa shape index (κ3) is 8.17. The van der Waals surface area contributed by atoms with E-state index in [2.05, 4.69) is 25.5 Å². The summed E-state index contributed by atoms with van der Waals surface area (Å²) in [7, 11) is 0. The van der Waals surface area contributed by atoms with Gasteiger partial charge >= 0.3 is 0 Å². The van der Waals surface area contributed by atoms with Crippen molar-refractivity contribution in [2.24, 2.45) is 16.5 Å². The fraction of sp³-hybridized carbons (Fsp3) is 0.410. The Morgan fingerprint density at radius 3 is 2.50 bits per heavy atom. The van der Waals surface area contributed by atoms with Crippen LogP contribution < -0.4 is 26.4 Å². The van der Waals surface area contributed by atoms with Crippen LogP contribution in [0.2, 0.25) is 0 Å². The summed E-state index contributed by atoms with van der Waals surface area (Å²) in [6, 6.07) is 6.49. The fourth-order valence-corrected chi connectivity index (χ4v) is 8.34. The van der Waals surface area contributed by atoms with E-state index in [1.54, 1.807) is 33.6 Å². The van der Waals surface area contributed by atoms with Crippen molar-refractivity contribution in [1.29, 1.82) is 0 Å². The molecular formula is C39H46N12O6S. The van der Waals surface area contributed by atoms with E-state index in [-0.39, 0.29) is 30.3 Å². The first-order valence-corrected chi connectivity index (χ1v) is 20.2. The Morgan fingerprint density at radius 2 is 1.74 bits per heavy atom. The number of carbonyl (C=O) groups excluding carboxylic acids is 4. The summed E-state index contributed by atoms with van der Waals surface area (Å²) >= 11 is 1.25. The minimum absolute atomic E-state index is 0.0944. The number of aryl methyl sites for hydroxylation is 5. The molecule has 0 atom stereocenters. The molecule has 0 fully saturated rings. The second kappa shape index (κ2) is 17.2. The third-order valence-electron chi connectivity index (χ3n) is 10.1. The van der Waals surface area contributed by atoms with Gasteiger partial charge in [0.05, 0.1) is 34.0 Å². The van der Waals surface area contributed by atoms with Gasteiger partial charge in [-0.05, 0) is 88.9 Å². The van der Waals surface area contributed by atoms with Gasteiger partial charge in [-0.15, -0.1) is 0 Å². The van der Waals surface area contributed by atoms with E-state index in [4.69, 9.17) is 21.2 Å². The van der Waals surface area contributed by atoms with Crippen molar-refractivity contribution in [1.82, 2.24) is 34.1 Å². The smallest absolute Gasteiger partial charge is 0.297 e. The molecule has 18 nitrogen and oxygen atoms in total. The standard InChI is InChI=1S/C39H46N12O6S/c1-4-50-31-26(23(3)47-50)11-6-5-7-14-51-28(17-22(2)46-51)36(55)44-38-43-27-18-24(33(40)53)19-29(57-16-10-15-52)32(27)48(38)12-8-9-13-49-35-30(58-39(49)45-37(31)56)20-25(21-42-35)34(41)54/h17-21,52H,4-16H2,1-3H3,(H2,40,53)(H2,41,54)(H,43,44,55). The summed E-state index contributed by atoms with van der Waals surface area (Å²) in [4.78, 5) is 69.2. The molecule has 0 bridgehead atoms. The first-order valence-electron chi connectivity index (χ1n) is 19.3. The molecule has 5 aromatic rings. The van der Waals surface area contributed by atoms with E-state index in [0.717, 1.165) is 30.5 Å². The number of aliphatic hydroxyl groups is 1. The lowest BCUT2D eigenvalue weighted by Gasteiger charge is -2.19. The topological polar surface area (TPSA) is 244 Å². The number of anilines is 2.